The molecule has 11 rings (SSSR count). The van der Waals surface area contributed by atoms with Crippen molar-refractivity contribution in [1.29, 1.82) is 0 Å². The third-order valence-electron chi connectivity index (χ3n) is 17.2. The van der Waals surface area contributed by atoms with Crippen LogP contribution in [0.4, 0.5) is 0 Å². The Hall–Kier alpha value is -9.94. The number of esters is 2. The molecule has 37 nitrogen and oxygen atoms in total. The van der Waals surface area contributed by atoms with Crippen molar-refractivity contribution in [1.82, 2.24) is 0 Å². The molecule has 0 spiro atoms. The fourth-order valence-electron chi connectivity index (χ4n) is 12.0. The fourth-order valence-corrected chi connectivity index (χ4v) is 12.0. The van der Waals surface area contributed by atoms with E-state index in [4.69, 9.17) is 47.4 Å². The minimum atomic E-state index is -2.24. The molecule has 3 fully saturated rings. The summed E-state index contributed by atoms with van der Waals surface area (Å²) in [6.45, 7) is -2.54. The van der Waals surface area contributed by atoms with E-state index in [0.29, 0.717) is 30.3 Å². The van der Waals surface area contributed by atoms with Crippen LogP contribution in [-0.2, 0) is 39.6 Å². The third kappa shape index (κ3) is 13.2. The Morgan fingerprint density at radius 3 is 1.28 bits per heavy atom. The molecule has 0 bridgehead atoms. The van der Waals surface area contributed by atoms with E-state index < -0.39 is 298 Å². The van der Waals surface area contributed by atoms with Crippen LogP contribution in [0.2, 0.25) is 0 Å². The molecule has 0 radical (unpaired) electrons. The lowest BCUT2D eigenvalue weighted by molar-refractivity contribution is -0.339. The maximum absolute atomic E-state index is 14.6. The van der Waals surface area contributed by atoms with E-state index in [1.165, 1.54) is 0 Å². The fraction of sp³-hybridized carbons (Fsp3) is 0.387. The summed E-state index contributed by atoms with van der Waals surface area (Å²) in [4.78, 5) is 28.5. The van der Waals surface area contributed by atoms with Crippen molar-refractivity contribution >= 4 is 11.9 Å². The van der Waals surface area contributed by atoms with Gasteiger partial charge in [-0.25, -0.2) is 9.59 Å². The molecular formula is C62H64O37. The highest BCUT2D eigenvalue weighted by Crippen LogP contribution is 2.59. The highest BCUT2D eigenvalue weighted by Gasteiger charge is 2.53. The lowest BCUT2D eigenvalue weighted by Gasteiger charge is -2.44. The zero-order valence-corrected chi connectivity index (χ0v) is 50.3. The zero-order chi connectivity index (χ0) is 71.8. The maximum atomic E-state index is 14.6. The van der Waals surface area contributed by atoms with E-state index in [0.717, 1.165) is 36.4 Å². The first-order valence-corrected chi connectivity index (χ1v) is 29.6. The summed E-state index contributed by atoms with van der Waals surface area (Å²) in [6, 6.07) is 8.20. The first-order valence-electron chi connectivity index (χ1n) is 29.6. The molecule has 0 saturated carbocycles. The van der Waals surface area contributed by atoms with Crippen LogP contribution in [0.1, 0.15) is 66.7 Å². The number of ether oxygens (including phenoxy) is 10. The Bertz CT molecular complexity index is 3960. The first kappa shape index (κ1) is 70.4. The van der Waals surface area contributed by atoms with Gasteiger partial charge in [-0.3, -0.25) is 0 Å². The van der Waals surface area contributed by atoms with Crippen molar-refractivity contribution in [3.05, 3.63) is 106 Å². The van der Waals surface area contributed by atoms with Crippen molar-refractivity contribution in [3.8, 4) is 103 Å². The Morgan fingerprint density at radius 2 is 0.808 bits per heavy atom. The zero-order valence-electron chi connectivity index (χ0n) is 50.3. The van der Waals surface area contributed by atoms with Crippen molar-refractivity contribution in [2.45, 2.75) is 129 Å². The van der Waals surface area contributed by atoms with Gasteiger partial charge in [-0.1, -0.05) is 0 Å². The first-order chi connectivity index (χ1) is 46.8. The number of benzene rings is 6. The van der Waals surface area contributed by atoms with E-state index in [1.807, 2.05) is 0 Å². The molecule has 0 unspecified atom stereocenters. The SMILES string of the molecule is O=C(O[C@@H]1[C@@H](c2c(O)cc(O)c3c2O[C@H](c2cc(O)c(O)c(O)c2)[C@H](OC(=O)c2cc(O)c(O)c(O)c2)C3)c2c(O)cc(O[C@@H]3O[C@H](CO[C@@H]4O[C@H](CO[C@@H]5O[C@H](CO)[C@@H](O)[C@H](O)[C@H]5O)[C@@H](O)[C@H](O)[C@H]4O)[C@@H](O)[C@H](O)[C@H]3O)cc2O[C@@H]1c1cc(O)c(O)c(O)c1)c1cc(O)c(O)c(O)c1. The number of rotatable bonds is 16. The number of aliphatic hydroxyl groups is 10. The number of aromatic hydroxyl groups is 15. The number of hydrogen-bond donors (Lipinski definition) is 25. The van der Waals surface area contributed by atoms with Crippen LogP contribution in [-0.4, -0.2) is 264 Å². The van der Waals surface area contributed by atoms with Gasteiger partial charge in [0.25, 0.3) is 0 Å². The van der Waals surface area contributed by atoms with Crippen molar-refractivity contribution in [2.24, 2.45) is 0 Å². The minimum Gasteiger partial charge on any atom is -0.507 e. The summed E-state index contributed by atoms with van der Waals surface area (Å²) in [5.41, 5.74) is -3.83. The van der Waals surface area contributed by atoms with E-state index in [1.54, 1.807) is 0 Å². The molecule has 5 heterocycles. The van der Waals surface area contributed by atoms with Crippen LogP contribution < -0.4 is 14.2 Å². The van der Waals surface area contributed by atoms with E-state index in [2.05, 4.69) is 0 Å². The highest BCUT2D eigenvalue weighted by atomic mass is 16.7. The van der Waals surface area contributed by atoms with Gasteiger partial charge >= 0.3 is 11.9 Å². The third-order valence-corrected chi connectivity index (χ3v) is 17.2. The molecule has 37 heteroatoms. The molecule has 3 saturated heterocycles. The number of aliphatic hydroxyl groups excluding tert-OH is 10. The average Bonchev–Trinajstić information content (AvgIpc) is 0.950. The molecule has 0 amide bonds. The van der Waals surface area contributed by atoms with Gasteiger partial charge in [-0.15, -0.1) is 0 Å². The molecule has 0 aliphatic carbocycles. The molecule has 0 aromatic heterocycles. The minimum absolute atomic E-state index is 0.361. The summed E-state index contributed by atoms with van der Waals surface area (Å²) in [6.07, 6.45) is -37.6. The Balaban J connectivity index is 0.981. The Kier molecular flexibility index (Phi) is 19.5. The van der Waals surface area contributed by atoms with Crippen LogP contribution in [0, 0.1) is 0 Å². The quantitative estimate of drug-likeness (QED) is 0.0351. The number of phenolic OH excluding ortho intramolecular Hbond substituents is 15. The van der Waals surface area contributed by atoms with Crippen molar-refractivity contribution < 1.29 is 185 Å². The molecule has 534 valence electrons. The number of carbonyl (C=O) groups excluding carboxylic acids is 2. The summed E-state index contributed by atoms with van der Waals surface area (Å²) in [5, 5.41) is 270. The molecule has 6 aromatic rings. The summed E-state index contributed by atoms with van der Waals surface area (Å²) in [5.74, 6) is -22.5. The molecular weight excluding hydrogens is 1340 g/mol. The number of hydrogen-bond acceptors (Lipinski definition) is 37. The lowest BCUT2D eigenvalue weighted by atomic mass is 9.77. The second-order valence-electron chi connectivity index (χ2n) is 23.6. The van der Waals surface area contributed by atoms with E-state index in [-0.39, 0.29) is 5.56 Å². The normalized spacial score (nSPS) is 30.4. The van der Waals surface area contributed by atoms with Gasteiger partial charge < -0.3 is 175 Å². The highest BCUT2D eigenvalue weighted by molar-refractivity contribution is 5.92. The second-order valence-corrected chi connectivity index (χ2v) is 23.6. The second kappa shape index (κ2) is 27.4. The topological polar surface area (TPSA) is 632 Å². The Labute approximate surface area is 552 Å². The molecule has 25 N–H and O–H groups in total. The largest absolute Gasteiger partial charge is 0.507 e. The van der Waals surface area contributed by atoms with Gasteiger partial charge in [0.05, 0.1) is 36.9 Å². The van der Waals surface area contributed by atoms with Gasteiger partial charge in [0.2, 0.25) is 6.29 Å². The van der Waals surface area contributed by atoms with Gasteiger partial charge in [0.15, 0.2) is 99.9 Å². The van der Waals surface area contributed by atoms with Crippen molar-refractivity contribution in [2.75, 3.05) is 19.8 Å². The van der Waals surface area contributed by atoms with Crippen LogP contribution in [0.25, 0.3) is 0 Å². The van der Waals surface area contributed by atoms with Crippen LogP contribution >= 0.6 is 0 Å². The van der Waals surface area contributed by atoms with E-state index in [9.17, 15) is 137 Å². The lowest BCUT2D eigenvalue weighted by Crippen LogP contribution is -2.63. The van der Waals surface area contributed by atoms with Crippen LogP contribution in [0.3, 0.4) is 0 Å². The number of fused-ring (bicyclic) bond motifs is 2. The molecule has 20 atom stereocenters. The van der Waals surface area contributed by atoms with Gasteiger partial charge in [0, 0.05) is 52.4 Å². The number of phenols is 15. The summed E-state index contributed by atoms with van der Waals surface area (Å²) < 4.78 is 58.7. The van der Waals surface area contributed by atoms with Gasteiger partial charge in [0.1, 0.15) is 114 Å². The predicted molar refractivity (Wildman–Crippen MR) is 314 cm³/mol. The molecule has 5 aliphatic heterocycles. The standard InChI is InChI=1S/C62H64O37/c63-13-35-45(79)48(82)51(85)60(95-35)90-14-36-46(80)49(83)52(86)61(96-36)91-15-37-47(81)50(84)53(87)62(97-37)92-20-9-23(65)38-33(10-20)93-55(17-3-27(69)42(76)28(70)4-17)57(99-59(89)19-7-31(73)44(78)32(74)8-19)40(38)39-24(66)12-22(64)21-11-34(94-58(88)18-5-29(71)43(77)30(72)6-18)54(98-56(21)39)16-1-25(67)41(75)26(68)2-16/h1-10,12,34-37,40,45-55,57,60-87H,11,13-15H2/t34-,35-,36-,37-,40-,45-,46-,47-,48+,49+,50+,51-,52-,53-,54-,55-,57-,60-,61-,62-/m1/s1. The smallest absolute Gasteiger partial charge is 0.338 e. The molecule has 5 aliphatic rings. The van der Waals surface area contributed by atoms with Crippen LogP contribution in [0.15, 0.2) is 66.7 Å². The van der Waals surface area contributed by atoms with Crippen LogP contribution in [0.5, 0.6) is 103 Å². The number of carbonyl (C=O) groups is 2. The molecule has 6 aromatic carbocycles. The molecule has 99 heavy (non-hydrogen) atoms. The van der Waals surface area contributed by atoms with Gasteiger partial charge in [-0.05, 0) is 48.5 Å². The maximum Gasteiger partial charge on any atom is 0.338 e. The van der Waals surface area contributed by atoms with E-state index >= 15 is 0 Å². The summed E-state index contributed by atoms with van der Waals surface area (Å²) >= 11 is 0. The average molecular weight is 1400 g/mol. The summed E-state index contributed by atoms with van der Waals surface area (Å²) in [7, 11) is 0. The Morgan fingerprint density at radius 1 is 0.404 bits per heavy atom. The monoisotopic (exact) mass is 1400 g/mol. The van der Waals surface area contributed by atoms with Gasteiger partial charge in [-0.2, -0.15) is 0 Å². The predicted octanol–water partition coefficient (Wildman–Crippen LogP) is -2.51. The van der Waals surface area contributed by atoms with Crippen molar-refractivity contribution in [3.63, 3.8) is 0 Å².